The van der Waals surface area contributed by atoms with Crippen LogP contribution in [0.4, 0.5) is 0 Å². The number of carboxylic acids is 1. The summed E-state index contributed by atoms with van der Waals surface area (Å²) in [7, 11) is -2.70. The fourth-order valence-electron chi connectivity index (χ4n) is 5.48. The summed E-state index contributed by atoms with van der Waals surface area (Å²) in [5, 5.41) is 14.6. The Hall–Kier alpha value is -3.42. The zero-order valence-electron chi connectivity index (χ0n) is 25.0. The fraction of sp³-hybridized carbons (Fsp3) is 0.467. The lowest BCUT2D eigenvalue weighted by Gasteiger charge is -2.44. The molecule has 5 atom stereocenters. The first-order valence-corrected chi connectivity index (χ1v) is 16.3. The summed E-state index contributed by atoms with van der Waals surface area (Å²) in [4.78, 5) is 53.7. The van der Waals surface area contributed by atoms with Gasteiger partial charge in [0.2, 0.25) is 27.7 Å². The smallest absolute Gasteiger partial charge is 0.327 e. The maximum absolute atomic E-state index is 13.8. The number of likely N-dealkylation sites (N-methyl/N-ethyl adjacent to an activating group) is 1. The van der Waals surface area contributed by atoms with E-state index in [1.165, 1.54) is 35.8 Å². The molecule has 3 amide bonds. The van der Waals surface area contributed by atoms with Gasteiger partial charge in [-0.1, -0.05) is 61.9 Å². The molecule has 4 rings (SSSR count). The molecule has 43 heavy (non-hydrogen) atoms. The topological polar surface area (TPSA) is 153 Å². The summed E-state index contributed by atoms with van der Waals surface area (Å²) in [5.74, 6) is -3.02. The number of carbonyl (C=O) groups is 4. The number of benzene rings is 2. The van der Waals surface area contributed by atoms with Crippen molar-refractivity contribution in [2.75, 3.05) is 7.05 Å². The van der Waals surface area contributed by atoms with Crippen molar-refractivity contribution in [1.29, 1.82) is 0 Å². The van der Waals surface area contributed by atoms with Crippen LogP contribution in [-0.4, -0.2) is 81.7 Å². The SMILES string of the molecule is Cc1ccc(S(=O)(=O)N(C)[C@@H](CC(C)C)C(=O)NC(C(=O)N[C@@H]2C(=O)N3[C@@H]2SC(C)(C)[C@@H]3C(=O)O)c2ccccc2)cc1. The number of sulfonamides is 1. The highest BCUT2D eigenvalue weighted by Gasteiger charge is 2.64. The van der Waals surface area contributed by atoms with E-state index in [-0.39, 0.29) is 17.2 Å². The fourth-order valence-corrected chi connectivity index (χ4v) is 8.43. The van der Waals surface area contributed by atoms with Gasteiger partial charge in [-0.15, -0.1) is 11.8 Å². The number of rotatable bonds is 11. The Morgan fingerprint density at radius 1 is 1.05 bits per heavy atom. The summed E-state index contributed by atoms with van der Waals surface area (Å²) in [5.41, 5.74) is 1.33. The molecule has 2 fully saturated rings. The Balaban J connectivity index is 1.59. The van der Waals surface area contributed by atoms with Crippen molar-refractivity contribution < 1.29 is 32.7 Å². The summed E-state index contributed by atoms with van der Waals surface area (Å²) >= 11 is 1.30. The molecule has 0 saturated carbocycles. The van der Waals surface area contributed by atoms with E-state index in [0.717, 1.165) is 9.87 Å². The molecule has 2 aliphatic rings. The predicted molar refractivity (Wildman–Crippen MR) is 162 cm³/mol. The Morgan fingerprint density at radius 3 is 2.21 bits per heavy atom. The van der Waals surface area contributed by atoms with Crippen LogP contribution in [0.3, 0.4) is 0 Å². The van der Waals surface area contributed by atoms with Gasteiger partial charge in [-0.2, -0.15) is 4.31 Å². The first-order chi connectivity index (χ1) is 20.1. The highest BCUT2D eigenvalue weighted by Crippen LogP contribution is 2.50. The van der Waals surface area contributed by atoms with Crippen molar-refractivity contribution in [2.45, 2.75) is 80.2 Å². The Bertz CT molecular complexity index is 1500. The number of aliphatic carboxylic acids is 1. The maximum atomic E-state index is 13.8. The van der Waals surface area contributed by atoms with E-state index in [2.05, 4.69) is 10.6 Å². The molecular weight excluding hydrogens is 592 g/mol. The third-order valence-corrected chi connectivity index (χ3v) is 11.2. The molecular formula is C30H38N4O7S2. The zero-order valence-corrected chi connectivity index (χ0v) is 26.6. The summed E-state index contributed by atoms with van der Waals surface area (Å²) < 4.78 is 27.3. The second kappa shape index (κ2) is 12.3. The highest BCUT2D eigenvalue weighted by molar-refractivity contribution is 8.01. The van der Waals surface area contributed by atoms with E-state index in [0.29, 0.717) is 5.56 Å². The van der Waals surface area contributed by atoms with Gasteiger partial charge in [0.05, 0.1) is 4.90 Å². The van der Waals surface area contributed by atoms with E-state index in [4.69, 9.17) is 0 Å². The van der Waals surface area contributed by atoms with Crippen molar-refractivity contribution in [3.05, 3.63) is 65.7 Å². The lowest BCUT2D eigenvalue weighted by molar-refractivity contribution is -0.161. The molecule has 0 aliphatic carbocycles. The van der Waals surface area contributed by atoms with Gasteiger partial charge < -0.3 is 20.6 Å². The van der Waals surface area contributed by atoms with Crippen LogP contribution in [0.15, 0.2) is 59.5 Å². The van der Waals surface area contributed by atoms with E-state index in [1.807, 2.05) is 20.8 Å². The number of nitrogens with one attached hydrogen (secondary N) is 2. The van der Waals surface area contributed by atoms with Crippen LogP contribution >= 0.6 is 11.8 Å². The van der Waals surface area contributed by atoms with Crippen molar-refractivity contribution in [1.82, 2.24) is 19.8 Å². The number of hydrogen-bond acceptors (Lipinski definition) is 7. The number of carbonyl (C=O) groups excluding carboxylic acids is 3. The molecule has 2 saturated heterocycles. The van der Waals surface area contributed by atoms with Gasteiger partial charge in [-0.05, 0) is 50.8 Å². The van der Waals surface area contributed by atoms with Crippen LogP contribution in [0.1, 0.15) is 51.3 Å². The van der Waals surface area contributed by atoms with Crippen LogP contribution < -0.4 is 10.6 Å². The van der Waals surface area contributed by atoms with Gasteiger partial charge in [0.1, 0.15) is 29.5 Å². The molecule has 2 aromatic carbocycles. The zero-order chi connectivity index (χ0) is 31.9. The molecule has 1 unspecified atom stereocenters. The van der Waals surface area contributed by atoms with Gasteiger partial charge in [0, 0.05) is 11.8 Å². The molecule has 2 aliphatic heterocycles. The number of β-lactam (4-membered cyclic amide) rings is 1. The van der Waals surface area contributed by atoms with E-state index in [9.17, 15) is 32.7 Å². The number of fused-ring (bicyclic) bond motifs is 1. The van der Waals surface area contributed by atoms with Gasteiger partial charge in [-0.25, -0.2) is 13.2 Å². The summed E-state index contributed by atoms with van der Waals surface area (Å²) in [6.45, 7) is 9.06. The third-order valence-electron chi connectivity index (χ3n) is 7.79. The second-order valence-electron chi connectivity index (χ2n) is 11.9. The minimum absolute atomic E-state index is 0.0456. The normalized spacial score (nSPS) is 22.5. The minimum Gasteiger partial charge on any atom is -0.480 e. The molecule has 0 spiro atoms. The summed E-state index contributed by atoms with van der Waals surface area (Å²) in [6.07, 6.45) is 0.191. The average molecular weight is 631 g/mol. The Labute approximate surface area is 256 Å². The number of thioether (sulfide) groups is 1. The van der Waals surface area contributed by atoms with E-state index >= 15 is 0 Å². The molecule has 3 N–H and O–H groups in total. The second-order valence-corrected chi connectivity index (χ2v) is 15.7. The number of amides is 3. The molecule has 0 bridgehead atoms. The van der Waals surface area contributed by atoms with E-state index < -0.39 is 68.0 Å². The molecule has 0 aromatic heterocycles. The van der Waals surface area contributed by atoms with Crippen LogP contribution in [0.2, 0.25) is 0 Å². The van der Waals surface area contributed by atoms with Gasteiger partial charge in [0.25, 0.3) is 0 Å². The number of carboxylic acid groups (broad SMARTS) is 1. The van der Waals surface area contributed by atoms with Crippen LogP contribution in [0.25, 0.3) is 0 Å². The van der Waals surface area contributed by atoms with Crippen LogP contribution in [-0.2, 0) is 29.2 Å². The first-order valence-electron chi connectivity index (χ1n) is 14.0. The van der Waals surface area contributed by atoms with E-state index in [1.54, 1.807) is 56.3 Å². The van der Waals surface area contributed by atoms with Gasteiger partial charge in [0.15, 0.2) is 0 Å². The largest absolute Gasteiger partial charge is 0.480 e. The van der Waals surface area contributed by atoms with Crippen molar-refractivity contribution >= 4 is 45.5 Å². The molecule has 232 valence electrons. The molecule has 2 aromatic rings. The number of nitrogens with zero attached hydrogens (tertiary/aromatic N) is 2. The summed E-state index contributed by atoms with van der Waals surface area (Å²) in [6, 6.07) is 10.4. The van der Waals surface area contributed by atoms with Crippen molar-refractivity contribution in [2.24, 2.45) is 5.92 Å². The third kappa shape index (κ3) is 6.43. The Kier molecular flexibility index (Phi) is 9.29. The number of aryl methyl sites for hydroxylation is 1. The molecule has 0 radical (unpaired) electrons. The van der Waals surface area contributed by atoms with Crippen LogP contribution in [0, 0.1) is 12.8 Å². The van der Waals surface area contributed by atoms with Gasteiger partial charge in [-0.3, -0.25) is 14.4 Å². The standard InChI is InChI=1S/C30H38N4O7S2/c1-17(2)16-21(33(6)43(40,41)20-14-12-18(3)13-15-20)25(35)31-22(19-10-8-7-9-11-19)26(36)32-23-27(37)34-24(29(38)39)30(4,5)42-28(23)34/h7-15,17,21-24,28H,16H2,1-6H3,(H,31,35)(H,32,36)(H,38,39)/t21-,22?,23+,24-,28+/m0/s1. The average Bonchev–Trinajstić information content (AvgIpc) is 3.21. The highest BCUT2D eigenvalue weighted by atomic mass is 32.2. The van der Waals surface area contributed by atoms with Gasteiger partial charge >= 0.3 is 5.97 Å². The molecule has 2 heterocycles. The van der Waals surface area contributed by atoms with Crippen LogP contribution in [0.5, 0.6) is 0 Å². The van der Waals surface area contributed by atoms with Crippen molar-refractivity contribution in [3.63, 3.8) is 0 Å². The lowest BCUT2D eigenvalue weighted by Crippen LogP contribution is -2.71. The molecule has 11 nitrogen and oxygen atoms in total. The number of hydrogen-bond donors (Lipinski definition) is 3. The lowest BCUT2D eigenvalue weighted by atomic mass is 9.95. The monoisotopic (exact) mass is 630 g/mol. The quantitative estimate of drug-likeness (QED) is 0.320. The van der Waals surface area contributed by atoms with Crippen molar-refractivity contribution in [3.8, 4) is 0 Å². The minimum atomic E-state index is -4.05. The predicted octanol–water partition coefficient (Wildman–Crippen LogP) is 2.52. The maximum Gasteiger partial charge on any atom is 0.327 e. The first kappa shape index (κ1) is 32.5. The Morgan fingerprint density at radius 2 is 1.65 bits per heavy atom. The molecule has 13 heteroatoms.